The summed E-state index contributed by atoms with van der Waals surface area (Å²) in [5.41, 5.74) is 3.96. The van der Waals surface area contributed by atoms with E-state index in [1.165, 1.54) is 16.7 Å². The third-order valence-electron chi connectivity index (χ3n) is 2.44. The Bertz CT molecular complexity index is 430. The molecule has 19 heavy (non-hydrogen) atoms. The Kier molecular flexibility index (Phi) is 11.3. The smallest absolute Gasteiger partial charge is 0.0632 e. The van der Waals surface area contributed by atoms with Crippen molar-refractivity contribution in [2.24, 2.45) is 0 Å². The average molecular weight is 393 g/mol. The number of rotatable bonds is 0. The minimum Gasteiger partial charge on any atom is -0.214 e. The van der Waals surface area contributed by atoms with Crippen molar-refractivity contribution in [2.45, 2.75) is 33.9 Å². The fourth-order valence-corrected chi connectivity index (χ4v) is 1.27. The van der Waals surface area contributed by atoms with Gasteiger partial charge in [0.25, 0.3) is 0 Å². The van der Waals surface area contributed by atoms with E-state index in [0.717, 1.165) is 0 Å². The van der Waals surface area contributed by atoms with Gasteiger partial charge in [0, 0.05) is 0 Å². The summed E-state index contributed by atoms with van der Waals surface area (Å²) in [7, 11) is 11.2. The molecule has 0 atom stereocenters. The topological polar surface area (TPSA) is 0 Å². The van der Waals surface area contributed by atoms with Crippen LogP contribution >= 0.6 is 17.0 Å². The zero-order valence-electron chi connectivity index (χ0n) is 12.3. The summed E-state index contributed by atoms with van der Waals surface area (Å²) in [6.07, 6.45) is 0. The molecule has 0 aromatic heterocycles. The Balaban J connectivity index is 0.000000264. The van der Waals surface area contributed by atoms with Crippen LogP contribution in [0.5, 0.6) is 0 Å². The molecule has 0 bridgehead atoms. The van der Waals surface area contributed by atoms with Crippen molar-refractivity contribution in [2.75, 3.05) is 0 Å². The number of aryl methyl sites for hydroxylation is 3. The van der Waals surface area contributed by atoms with E-state index >= 15 is 0 Å². The summed E-state index contributed by atoms with van der Waals surface area (Å²) in [5.74, 6) is 0. The van der Waals surface area contributed by atoms with Crippen molar-refractivity contribution in [3.63, 3.8) is 0 Å². The number of hydrogen-bond acceptors (Lipinski definition) is 0. The van der Waals surface area contributed by atoms with Crippen LogP contribution < -0.4 is 0 Å². The Labute approximate surface area is 132 Å². The molecule has 0 aliphatic rings. The monoisotopic (exact) mass is 390 g/mol. The van der Waals surface area contributed by atoms with Crippen molar-refractivity contribution >= 4 is 22.5 Å². The Morgan fingerprint density at radius 2 is 1.53 bits per heavy atom. The maximum absolute atomic E-state index is 5.62. The molecule has 0 amide bonds. The maximum Gasteiger partial charge on any atom is -0.0632 e. The first-order chi connectivity index (χ1) is 8.84. The Morgan fingerprint density at radius 1 is 1.05 bits per heavy atom. The molecule has 0 saturated carbocycles. The molecule has 0 fully saturated rings. The van der Waals surface area contributed by atoms with Crippen LogP contribution in [0.3, 0.4) is 0 Å². The van der Waals surface area contributed by atoms with Crippen LogP contribution in [-0.2, 0) is 18.0 Å². The largest absolute Gasteiger partial charge is 0.214 e. The summed E-state index contributed by atoms with van der Waals surface area (Å²) in [6, 6.07) is 14.4. The molecule has 4 heteroatoms. The van der Waals surface area contributed by atoms with Gasteiger partial charge in [-0.2, -0.15) is 41.0 Å². The van der Waals surface area contributed by atoms with Gasteiger partial charge in [-0.15, -0.1) is 0 Å². The average Bonchev–Trinajstić information content (AvgIpc) is 2.94. The van der Waals surface area contributed by atoms with E-state index in [1.54, 1.807) is 0 Å². The zero-order valence-corrected chi connectivity index (χ0v) is 17.3. The second-order valence-corrected chi connectivity index (χ2v) is 27.6. The predicted octanol–water partition coefficient (Wildman–Crippen LogP) is 5.90. The molecule has 106 valence electrons. The van der Waals surface area contributed by atoms with Gasteiger partial charge in [0.2, 0.25) is 0 Å². The van der Waals surface area contributed by atoms with Crippen molar-refractivity contribution in [1.82, 2.24) is 0 Å². The van der Waals surface area contributed by atoms with E-state index in [-0.39, 0.29) is 5.43 Å². The molecule has 0 aliphatic carbocycles. The molecular formula is C15H22Cl2SiZr-2. The summed E-state index contributed by atoms with van der Waals surface area (Å²) in [5, 5.41) is 0. The van der Waals surface area contributed by atoms with Crippen molar-refractivity contribution in [1.29, 1.82) is 0 Å². The summed E-state index contributed by atoms with van der Waals surface area (Å²) in [4.78, 5) is 0. The molecule has 0 nitrogen and oxygen atoms in total. The quantitative estimate of drug-likeness (QED) is 0.387. The van der Waals surface area contributed by atoms with Gasteiger partial charge >= 0.3 is 53.5 Å². The maximum atomic E-state index is 5.62. The first-order valence-corrected chi connectivity index (χ1v) is 18.7. The fraction of sp³-hybridized carbons (Fsp3) is 0.333. The van der Waals surface area contributed by atoms with Gasteiger partial charge in [0.1, 0.15) is 0 Å². The van der Waals surface area contributed by atoms with Crippen LogP contribution in [0.1, 0.15) is 16.7 Å². The van der Waals surface area contributed by atoms with E-state index in [4.69, 9.17) is 17.0 Å². The molecule has 0 aliphatic heterocycles. The first kappa shape index (κ1) is 19.4. The second kappa shape index (κ2) is 11.1. The number of halogens is 2. The van der Waals surface area contributed by atoms with E-state index in [9.17, 15) is 0 Å². The summed E-state index contributed by atoms with van der Waals surface area (Å²) < 4.78 is 0. The minimum atomic E-state index is -1.65. The zero-order chi connectivity index (χ0) is 14.8. The summed E-state index contributed by atoms with van der Waals surface area (Å²) >= 11 is -1.65. The molecule has 0 N–H and O–H groups in total. The van der Waals surface area contributed by atoms with Gasteiger partial charge in [-0.05, 0) is 0 Å². The van der Waals surface area contributed by atoms with Crippen LogP contribution in [0.15, 0.2) is 42.5 Å². The van der Waals surface area contributed by atoms with E-state index < -0.39 is 18.0 Å². The van der Waals surface area contributed by atoms with Crippen LogP contribution in [0.2, 0.25) is 13.1 Å². The van der Waals surface area contributed by atoms with Crippen LogP contribution in [0, 0.1) is 20.8 Å². The van der Waals surface area contributed by atoms with Crippen LogP contribution in [-0.4, -0.2) is 5.43 Å². The molecule has 0 saturated heterocycles. The molecule has 2 aromatic rings. The van der Waals surface area contributed by atoms with Crippen molar-refractivity contribution in [3.05, 3.63) is 59.2 Å². The van der Waals surface area contributed by atoms with Gasteiger partial charge in [0.05, 0.1) is 0 Å². The molecular weight excluding hydrogens is 370 g/mol. The molecule has 0 unspecified atom stereocenters. The van der Waals surface area contributed by atoms with Crippen molar-refractivity contribution < 1.29 is 18.0 Å². The minimum absolute atomic E-state index is 0.224. The molecule has 0 radical (unpaired) electrons. The van der Waals surface area contributed by atoms with Crippen LogP contribution in [0.4, 0.5) is 0 Å². The first-order valence-electron chi connectivity index (χ1n) is 6.20. The van der Waals surface area contributed by atoms with Crippen molar-refractivity contribution in [3.8, 4) is 0 Å². The second-order valence-electron chi connectivity index (χ2n) is 4.62. The van der Waals surface area contributed by atoms with Gasteiger partial charge < -0.3 is 0 Å². The van der Waals surface area contributed by atoms with Crippen LogP contribution in [0.25, 0.3) is 0 Å². The molecule has 2 rings (SSSR count). The molecule has 0 heterocycles. The molecule has 0 spiro atoms. The Hall–Kier alpha value is 0.380. The van der Waals surface area contributed by atoms with Gasteiger partial charge in [0.15, 0.2) is 0 Å². The summed E-state index contributed by atoms with van der Waals surface area (Å²) in [6.45, 7) is 10.7. The third kappa shape index (κ3) is 10.8. The van der Waals surface area contributed by atoms with Gasteiger partial charge in [-0.1, -0.05) is 20.8 Å². The standard InChI is InChI=1S/C8H11.C5H5.C2H6Si.2ClH.Zr/c1-6-4-7(2)8(3)5-6;1-2-4-5-3-1;1-3-2;;;/h4-5H,1-3H3;1-5H;1-2H3;2*1H;/q2*-1;;;;+2/p-2. The fourth-order valence-electron chi connectivity index (χ4n) is 1.27. The predicted molar refractivity (Wildman–Crippen MR) is 87.5 cm³/mol. The SMILES string of the molecule is C[Si](C)=[Zr]([Cl])[Cl].Cc1cc(C)c(C)[cH-]1.c1cc[cH-]c1. The van der Waals surface area contributed by atoms with Gasteiger partial charge in [-0.3, -0.25) is 0 Å². The molecule has 2 aromatic carbocycles. The third-order valence-corrected chi connectivity index (χ3v) is 22.2. The number of hydrogen-bond donors (Lipinski definition) is 0. The van der Waals surface area contributed by atoms with E-state index in [2.05, 4.69) is 46.0 Å². The van der Waals surface area contributed by atoms with E-state index in [0.29, 0.717) is 0 Å². The van der Waals surface area contributed by atoms with E-state index in [1.807, 2.05) is 30.3 Å². The van der Waals surface area contributed by atoms with Gasteiger partial charge in [-0.25, -0.2) is 18.2 Å². The Morgan fingerprint density at radius 3 is 1.63 bits per heavy atom. The normalized spacial score (nSPS) is 8.79.